The van der Waals surface area contributed by atoms with Gasteiger partial charge >= 0.3 is 0 Å². The Kier molecular flexibility index (Phi) is 6.03. The second-order valence-corrected chi connectivity index (χ2v) is 9.95. The lowest BCUT2D eigenvalue weighted by molar-refractivity contribution is -0.140. The number of amides is 1. The molecule has 0 radical (unpaired) electrons. The van der Waals surface area contributed by atoms with E-state index in [1.807, 2.05) is 0 Å². The number of piperidine rings is 1. The number of fused-ring (bicyclic) bond motifs is 5. The van der Waals surface area contributed by atoms with Crippen LogP contribution in [0.3, 0.4) is 0 Å². The van der Waals surface area contributed by atoms with Gasteiger partial charge in [0.1, 0.15) is 6.33 Å². The first-order valence-corrected chi connectivity index (χ1v) is 12.1. The Morgan fingerprint density at radius 2 is 2.00 bits per heavy atom. The van der Waals surface area contributed by atoms with Crippen molar-refractivity contribution in [3.63, 3.8) is 0 Å². The lowest BCUT2D eigenvalue weighted by atomic mass is 9.83. The molecule has 1 aromatic rings. The Bertz CT molecular complexity index is 841. The van der Waals surface area contributed by atoms with E-state index in [0.29, 0.717) is 31.4 Å². The first kappa shape index (κ1) is 20.5. The van der Waals surface area contributed by atoms with Gasteiger partial charge < -0.3 is 14.4 Å². The van der Waals surface area contributed by atoms with Crippen LogP contribution in [0.15, 0.2) is 12.5 Å². The van der Waals surface area contributed by atoms with E-state index in [4.69, 9.17) is 9.47 Å². The van der Waals surface area contributed by atoms with Crippen molar-refractivity contribution in [3.8, 4) is 5.88 Å². The van der Waals surface area contributed by atoms with E-state index in [1.165, 1.54) is 6.33 Å². The standard InChI is InChI=1S/C19H28N4O5S/c1-29(25,26)22-16-3-2-8-23-17(16)10-27-14-6-4-13(5-7-14)15-9-20-12-21-19(15)28-11-18(23)24/h9,12-14,16-17,22H,2-8,10-11H2,1H3/t13?,14?,16?,17-/m0/s1. The Hall–Kier alpha value is -1.78. The van der Waals surface area contributed by atoms with Crippen molar-refractivity contribution in [2.24, 2.45) is 0 Å². The van der Waals surface area contributed by atoms with Crippen molar-refractivity contribution in [3.05, 3.63) is 18.1 Å². The third-order valence-electron chi connectivity index (χ3n) is 6.12. The number of hydrogen-bond donors (Lipinski definition) is 1. The van der Waals surface area contributed by atoms with Gasteiger partial charge in [0.2, 0.25) is 15.9 Å². The summed E-state index contributed by atoms with van der Waals surface area (Å²) in [5.74, 6) is 0.579. The van der Waals surface area contributed by atoms with Crippen LogP contribution >= 0.6 is 0 Å². The van der Waals surface area contributed by atoms with Crippen molar-refractivity contribution in [2.45, 2.75) is 62.6 Å². The number of sulfonamides is 1. The van der Waals surface area contributed by atoms with Crippen LogP contribution in [0.25, 0.3) is 0 Å². The molecule has 29 heavy (non-hydrogen) atoms. The zero-order valence-corrected chi connectivity index (χ0v) is 17.4. The number of hydrogen-bond acceptors (Lipinski definition) is 7. The highest BCUT2D eigenvalue weighted by Gasteiger charge is 2.37. The zero-order chi connectivity index (χ0) is 20.4. The summed E-state index contributed by atoms with van der Waals surface area (Å²) in [6.07, 6.45) is 9.58. The molecule has 0 aromatic carbocycles. The van der Waals surface area contributed by atoms with Crippen molar-refractivity contribution in [2.75, 3.05) is 26.0 Å². The highest BCUT2D eigenvalue weighted by atomic mass is 32.2. The number of ether oxygens (including phenoxy) is 2. The fourth-order valence-electron chi connectivity index (χ4n) is 4.70. The maximum Gasteiger partial charge on any atom is 0.260 e. The molecular formula is C19H28N4O5S. The maximum atomic E-state index is 13.0. The van der Waals surface area contributed by atoms with E-state index in [9.17, 15) is 13.2 Å². The lowest BCUT2D eigenvalue weighted by Crippen LogP contribution is -2.59. The smallest absolute Gasteiger partial charge is 0.260 e. The highest BCUT2D eigenvalue weighted by molar-refractivity contribution is 7.88. The van der Waals surface area contributed by atoms with Crippen molar-refractivity contribution in [1.29, 1.82) is 0 Å². The molecule has 160 valence electrons. The van der Waals surface area contributed by atoms with Crippen LogP contribution in [-0.4, -0.2) is 73.4 Å². The second-order valence-electron chi connectivity index (χ2n) is 8.17. The van der Waals surface area contributed by atoms with Crippen LogP contribution in [0.1, 0.15) is 50.0 Å². The van der Waals surface area contributed by atoms with Crippen molar-refractivity contribution >= 4 is 15.9 Å². The van der Waals surface area contributed by atoms with Gasteiger partial charge in [0.05, 0.1) is 25.0 Å². The monoisotopic (exact) mass is 424 g/mol. The van der Waals surface area contributed by atoms with E-state index >= 15 is 0 Å². The third kappa shape index (κ3) is 4.87. The third-order valence-corrected chi connectivity index (χ3v) is 6.85. The van der Waals surface area contributed by atoms with Gasteiger partial charge in [-0.25, -0.2) is 23.1 Å². The number of nitrogens with one attached hydrogen (secondary N) is 1. The summed E-state index contributed by atoms with van der Waals surface area (Å²) < 4.78 is 38.4. The van der Waals surface area contributed by atoms with Gasteiger partial charge in [0.25, 0.3) is 5.91 Å². The summed E-state index contributed by atoms with van der Waals surface area (Å²) in [6, 6.07) is -0.711. The molecule has 1 unspecified atom stereocenters. The Balaban J connectivity index is 1.61. The van der Waals surface area contributed by atoms with Crippen molar-refractivity contribution < 1.29 is 22.7 Å². The molecule has 1 N–H and O–H groups in total. The summed E-state index contributed by atoms with van der Waals surface area (Å²) in [5.41, 5.74) is 0.949. The fraction of sp³-hybridized carbons (Fsp3) is 0.737. The molecule has 4 heterocycles. The maximum absolute atomic E-state index is 13.0. The number of rotatable bonds is 2. The molecule has 10 heteroatoms. The second kappa shape index (κ2) is 8.53. The average molecular weight is 425 g/mol. The molecular weight excluding hydrogens is 396 g/mol. The van der Waals surface area contributed by atoms with Crippen molar-refractivity contribution in [1.82, 2.24) is 19.6 Å². The fourth-order valence-corrected chi connectivity index (χ4v) is 5.53. The Labute approximate surface area is 171 Å². The summed E-state index contributed by atoms with van der Waals surface area (Å²) in [6.45, 7) is 0.741. The van der Waals surface area contributed by atoms with Gasteiger partial charge in [-0.15, -0.1) is 0 Å². The summed E-state index contributed by atoms with van der Waals surface area (Å²) in [7, 11) is -3.39. The minimum Gasteiger partial charge on any atom is -0.467 e. The van der Waals surface area contributed by atoms with Crippen LogP contribution in [0.4, 0.5) is 0 Å². The summed E-state index contributed by atoms with van der Waals surface area (Å²) in [5, 5.41) is 0. The van der Waals surface area contributed by atoms with Crippen LogP contribution in [-0.2, 0) is 19.6 Å². The number of carbonyl (C=O) groups is 1. The minimum atomic E-state index is -3.39. The molecule has 9 nitrogen and oxygen atoms in total. The highest BCUT2D eigenvalue weighted by Crippen LogP contribution is 2.37. The number of carbonyl (C=O) groups excluding carboxylic acids is 1. The van der Waals surface area contributed by atoms with Gasteiger partial charge in [-0.05, 0) is 44.4 Å². The molecule has 2 fully saturated rings. The molecule has 1 saturated heterocycles. The zero-order valence-electron chi connectivity index (χ0n) is 16.6. The number of nitrogens with zero attached hydrogens (tertiary/aromatic N) is 3. The summed E-state index contributed by atoms with van der Waals surface area (Å²) >= 11 is 0. The molecule has 1 saturated carbocycles. The number of aromatic nitrogens is 2. The van der Waals surface area contributed by atoms with E-state index in [-0.39, 0.29) is 30.7 Å². The molecule has 1 aliphatic carbocycles. The predicted octanol–water partition coefficient (Wildman–Crippen LogP) is 0.821. The molecule has 1 aromatic heterocycles. The van der Waals surface area contributed by atoms with Gasteiger partial charge in [-0.2, -0.15) is 0 Å². The Morgan fingerprint density at radius 3 is 2.76 bits per heavy atom. The van der Waals surface area contributed by atoms with E-state index in [2.05, 4.69) is 14.7 Å². The average Bonchev–Trinajstić information content (AvgIpc) is 2.71. The largest absolute Gasteiger partial charge is 0.467 e. The Morgan fingerprint density at radius 1 is 1.21 bits per heavy atom. The quantitative estimate of drug-likeness (QED) is 0.748. The van der Waals surface area contributed by atoms with Crippen LogP contribution in [0, 0.1) is 0 Å². The van der Waals surface area contributed by atoms with Gasteiger partial charge in [0, 0.05) is 24.3 Å². The molecule has 0 spiro atoms. The van der Waals surface area contributed by atoms with E-state index < -0.39 is 10.0 Å². The first-order valence-electron chi connectivity index (χ1n) is 10.2. The topological polar surface area (TPSA) is 111 Å². The molecule has 5 rings (SSSR count). The van der Waals surface area contributed by atoms with Gasteiger partial charge in [-0.3, -0.25) is 4.79 Å². The van der Waals surface area contributed by atoms with Crippen LogP contribution in [0.5, 0.6) is 5.88 Å². The molecule has 2 atom stereocenters. The SMILES string of the molecule is CS(=O)(=O)NC1CCCN2C(=O)COc3ncncc3C3CCC(CC3)OC[C@@H]12. The normalized spacial score (nSPS) is 30.9. The summed E-state index contributed by atoms with van der Waals surface area (Å²) in [4.78, 5) is 23.1. The van der Waals surface area contributed by atoms with E-state index in [1.54, 1.807) is 11.1 Å². The molecule has 4 aliphatic rings. The minimum absolute atomic E-state index is 0.110. The lowest BCUT2D eigenvalue weighted by Gasteiger charge is -2.41. The van der Waals surface area contributed by atoms with E-state index in [0.717, 1.165) is 43.9 Å². The first-order chi connectivity index (χ1) is 13.9. The van der Waals surface area contributed by atoms with Gasteiger partial charge in [0.15, 0.2) is 6.61 Å². The van der Waals surface area contributed by atoms with Crippen LogP contribution in [0.2, 0.25) is 0 Å². The molecule has 1 amide bonds. The van der Waals surface area contributed by atoms with Gasteiger partial charge in [-0.1, -0.05) is 0 Å². The molecule has 2 bridgehead atoms. The predicted molar refractivity (Wildman–Crippen MR) is 105 cm³/mol. The molecule has 3 aliphatic heterocycles. The van der Waals surface area contributed by atoms with Crippen LogP contribution < -0.4 is 9.46 Å².